The van der Waals surface area contributed by atoms with E-state index in [1.54, 1.807) is 18.3 Å². The molecule has 6 nitrogen and oxygen atoms in total. The smallest absolute Gasteiger partial charge is 0.335 e. The van der Waals surface area contributed by atoms with Crippen LogP contribution in [-0.4, -0.2) is 27.0 Å². The van der Waals surface area contributed by atoms with Crippen molar-refractivity contribution >= 4 is 27.8 Å². The van der Waals surface area contributed by atoms with Gasteiger partial charge in [0.2, 0.25) is 0 Å². The van der Waals surface area contributed by atoms with Crippen LogP contribution in [0.3, 0.4) is 0 Å². The number of nitrogens with zero attached hydrogens (tertiary/aromatic N) is 2. The first-order valence-electron chi connectivity index (χ1n) is 5.65. The van der Waals surface area contributed by atoms with Crippen molar-refractivity contribution in [3.8, 4) is 0 Å². The van der Waals surface area contributed by atoms with Crippen LogP contribution in [-0.2, 0) is 6.54 Å². The Morgan fingerprint density at radius 1 is 1.25 bits per heavy atom. The van der Waals surface area contributed by atoms with Crippen LogP contribution in [0.4, 0.5) is 0 Å². The van der Waals surface area contributed by atoms with E-state index < -0.39 is 5.97 Å². The number of amides is 1. The zero-order chi connectivity index (χ0) is 14.5. The van der Waals surface area contributed by atoms with E-state index in [-0.39, 0.29) is 18.0 Å². The summed E-state index contributed by atoms with van der Waals surface area (Å²) in [6.45, 7) is 0.140. The number of aromatic nitrogens is 2. The van der Waals surface area contributed by atoms with Gasteiger partial charge in [0.15, 0.2) is 0 Å². The van der Waals surface area contributed by atoms with Crippen molar-refractivity contribution in [1.29, 1.82) is 0 Å². The zero-order valence-electron chi connectivity index (χ0n) is 10.2. The van der Waals surface area contributed by atoms with Gasteiger partial charge in [-0.15, -0.1) is 0 Å². The Morgan fingerprint density at radius 3 is 2.75 bits per heavy atom. The largest absolute Gasteiger partial charge is 0.478 e. The molecule has 2 heterocycles. The Kier molecular flexibility index (Phi) is 4.41. The average molecular weight is 336 g/mol. The molecule has 0 aliphatic rings. The number of carboxylic acids is 1. The van der Waals surface area contributed by atoms with E-state index >= 15 is 0 Å². The van der Waals surface area contributed by atoms with Gasteiger partial charge < -0.3 is 10.4 Å². The third-order valence-corrected chi connectivity index (χ3v) is 3.13. The number of carbonyl (C=O) groups excluding carboxylic acids is 1. The molecule has 1 amide bonds. The summed E-state index contributed by atoms with van der Waals surface area (Å²) in [5.74, 6) is -1.34. The fraction of sp³-hybridized carbons (Fsp3) is 0.0769. The van der Waals surface area contributed by atoms with Crippen LogP contribution in [0.25, 0.3) is 0 Å². The van der Waals surface area contributed by atoms with Crippen molar-refractivity contribution in [3.05, 3.63) is 58.1 Å². The lowest BCUT2D eigenvalue weighted by atomic mass is 10.2. The Morgan fingerprint density at radius 2 is 2.05 bits per heavy atom. The summed E-state index contributed by atoms with van der Waals surface area (Å²) in [5, 5.41) is 11.5. The predicted octanol–water partition coefficient (Wildman–Crippen LogP) is 1.87. The summed E-state index contributed by atoms with van der Waals surface area (Å²) in [5.41, 5.74) is 1.01. The normalized spacial score (nSPS) is 10.1. The molecule has 7 heteroatoms. The summed E-state index contributed by atoms with van der Waals surface area (Å²) < 4.78 is 0.449. The maximum absolute atomic E-state index is 11.9. The minimum absolute atomic E-state index is 0.131. The first-order valence-corrected chi connectivity index (χ1v) is 6.44. The van der Waals surface area contributed by atoms with Crippen molar-refractivity contribution in [2.45, 2.75) is 6.54 Å². The van der Waals surface area contributed by atoms with E-state index in [2.05, 4.69) is 31.2 Å². The average Bonchev–Trinajstić information content (AvgIpc) is 2.45. The van der Waals surface area contributed by atoms with Crippen molar-refractivity contribution < 1.29 is 14.7 Å². The van der Waals surface area contributed by atoms with Gasteiger partial charge in [0.25, 0.3) is 5.91 Å². The Balaban J connectivity index is 2.06. The van der Waals surface area contributed by atoms with Crippen LogP contribution in [0.5, 0.6) is 0 Å². The van der Waals surface area contributed by atoms with Crippen molar-refractivity contribution in [3.63, 3.8) is 0 Å². The zero-order valence-corrected chi connectivity index (χ0v) is 11.8. The number of aromatic carboxylic acids is 1. The molecule has 2 aromatic rings. The number of carbonyl (C=O) groups is 2. The van der Waals surface area contributed by atoms with Crippen LogP contribution < -0.4 is 5.32 Å². The van der Waals surface area contributed by atoms with Crippen LogP contribution in [0, 0.1) is 0 Å². The molecule has 0 saturated carbocycles. The van der Waals surface area contributed by atoms with Gasteiger partial charge in [0.1, 0.15) is 4.60 Å². The molecule has 2 rings (SSSR count). The molecule has 102 valence electrons. The van der Waals surface area contributed by atoms with E-state index in [1.807, 2.05) is 0 Å². The third kappa shape index (κ3) is 3.39. The lowest BCUT2D eigenvalue weighted by Gasteiger charge is -2.06. The molecule has 0 spiro atoms. The molecule has 2 N–H and O–H groups in total. The number of hydrogen-bond donors (Lipinski definition) is 2. The molecular formula is C13H10BrN3O3. The third-order valence-electron chi connectivity index (χ3n) is 2.50. The van der Waals surface area contributed by atoms with Crippen molar-refractivity contribution in [2.24, 2.45) is 0 Å². The molecular weight excluding hydrogens is 326 g/mol. The molecule has 0 aliphatic carbocycles. The van der Waals surface area contributed by atoms with E-state index in [0.717, 1.165) is 0 Å². The second-order valence-corrected chi connectivity index (χ2v) is 4.62. The molecule has 0 aliphatic heterocycles. The van der Waals surface area contributed by atoms with Crippen LogP contribution >= 0.6 is 15.9 Å². The summed E-state index contributed by atoms with van der Waals surface area (Å²) in [6, 6.07) is 6.10. The van der Waals surface area contributed by atoms with Crippen molar-refractivity contribution in [2.75, 3.05) is 0 Å². The molecule has 20 heavy (non-hydrogen) atoms. The Bertz CT molecular complexity index is 661. The second-order valence-electron chi connectivity index (χ2n) is 3.87. The first kappa shape index (κ1) is 14.1. The highest BCUT2D eigenvalue weighted by Gasteiger charge is 2.10. The van der Waals surface area contributed by atoms with Gasteiger partial charge >= 0.3 is 5.97 Å². The van der Waals surface area contributed by atoms with Gasteiger partial charge in [-0.05, 0) is 40.2 Å². The minimum atomic E-state index is -1.03. The van der Waals surface area contributed by atoms with Crippen LogP contribution in [0.1, 0.15) is 26.4 Å². The SMILES string of the molecule is O=C(O)c1ccnc(CNC(=O)c2cccnc2Br)c1. The van der Waals surface area contributed by atoms with Gasteiger partial charge in [-0.25, -0.2) is 9.78 Å². The number of hydrogen-bond acceptors (Lipinski definition) is 4. The number of pyridine rings is 2. The molecule has 0 atom stereocenters. The highest BCUT2D eigenvalue weighted by atomic mass is 79.9. The molecule has 2 aromatic heterocycles. The number of carboxylic acid groups (broad SMARTS) is 1. The molecule has 0 aromatic carbocycles. The van der Waals surface area contributed by atoms with Crippen LogP contribution in [0.2, 0.25) is 0 Å². The van der Waals surface area contributed by atoms with E-state index in [9.17, 15) is 9.59 Å². The van der Waals surface area contributed by atoms with Crippen LogP contribution in [0.15, 0.2) is 41.3 Å². The maximum atomic E-state index is 11.9. The minimum Gasteiger partial charge on any atom is -0.478 e. The number of halogens is 1. The quantitative estimate of drug-likeness (QED) is 0.832. The first-order chi connectivity index (χ1) is 9.58. The molecule has 0 saturated heterocycles. The predicted molar refractivity (Wildman–Crippen MR) is 74.3 cm³/mol. The van der Waals surface area contributed by atoms with Crippen molar-refractivity contribution in [1.82, 2.24) is 15.3 Å². The summed E-state index contributed by atoms with van der Waals surface area (Å²) in [4.78, 5) is 30.7. The Hall–Kier alpha value is -2.28. The molecule has 0 radical (unpaired) electrons. The highest BCUT2D eigenvalue weighted by Crippen LogP contribution is 2.12. The summed E-state index contributed by atoms with van der Waals surface area (Å²) in [7, 11) is 0. The number of nitrogens with one attached hydrogen (secondary N) is 1. The molecule has 0 unspecified atom stereocenters. The van der Waals surface area contributed by atoms with E-state index in [0.29, 0.717) is 15.9 Å². The standard InChI is InChI=1S/C13H10BrN3O3/c14-11-10(2-1-4-16-11)12(18)17-7-9-6-8(13(19)20)3-5-15-9/h1-6H,7H2,(H,17,18)(H,19,20). The highest BCUT2D eigenvalue weighted by molar-refractivity contribution is 9.10. The summed E-state index contributed by atoms with van der Waals surface area (Å²) >= 11 is 3.19. The van der Waals surface area contributed by atoms with Gasteiger partial charge in [-0.2, -0.15) is 0 Å². The van der Waals surface area contributed by atoms with Gasteiger partial charge in [-0.3, -0.25) is 9.78 Å². The number of rotatable bonds is 4. The Labute approximate surface area is 123 Å². The van der Waals surface area contributed by atoms with E-state index in [4.69, 9.17) is 5.11 Å². The lowest BCUT2D eigenvalue weighted by molar-refractivity contribution is 0.0696. The van der Waals surface area contributed by atoms with Gasteiger partial charge in [0, 0.05) is 12.4 Å². The lowest BCUT2D eigenvalue weighted by Crippen LogP contribution is -2.24. The fourth-order valence-corrected chi connectivity index (χ4v) is 1.96. The topological polar surface area (TPSA) is 92.2 Å². The van der Waals surface area contributed by atoms with Gasteiger partial charge in [0.05, 0.1) is 23.4 Å². The molecule has 0 fully saturated rings. The maximum Gasteiger partial charge on any atom is 0.335 e. The monoisotopic (exact) mass is 335 g/mol. The molecule has 0 bridgehead atoms. The fourth-order valence-electron chi connectivity index (χ4n) is 1.53. The van der Waals surface area contributed by atoms with E-state index in [1.165, 1.54) is 18.3 Å². The second kappa shape index (κ2) is 6.25. The summed E-state index contributed by atoms with van der Waals surface area (Å²) in [6.07, 6.45) is 2.96. The van der Waals surface area contributed by atoms with Gasteiger partial charge in [-0.1, -0.05) is 0 Å².